The van der Waals surface area contributed by atoms with Crippen LogP contribution in [0.15, 0.2) is 16.6 Å². The summed E-state index contributed by atoms with van der Waals surface area (Å²) in [5.74, 6) is 0. The second-order valence-electron chi connectivity index (χ2n) is 3.61. The van der Waals surface area contributed by atoms with Gasteiger partial charge < -0.3 is 16.8 Å². The molecule has 0 heterocycles. The smallest absolute Gasteiger partial charge is 0.168 e. The summed E-state index contributed by atoms with van der Waals surface area (Å²) < 4.78 is 0.838. The van der Waals surface area contributed by atoms with E-state index in [1.807, 2.05) is 12.1 Å². The monoisotopic (exact) mass is 331 g/mol. The highest BCUT2D eigenvalue weighted by atomic mass is 79.9. The molecule has 0 saturated heterocycles. The van der Waals surface area contributed by atoms with E-state index in [9.17, 15) is 0 Å². The van der Waals surface area contributed by atoms with Gasteiger partial charge in [-0.25, -0.2) is 0 Å². The summed E-state index contributed by atoms with van der Waals surface area (Å²) >= 11 is 13.4. The van der Waals surface area contributed by atoms with Crippen LogP contribution in [0.25, 0.3) is 0 Å². The lowest BCUT2D eigenvalue weighted by atomic mass is 10.0. The highest BCUT2D eigenvalue weighted by molar-refractivity contribution is 9.10. The summed E-state index contributed by atoms with van der Waals surface area (Å²) in [6.45, 7) is 2.12. The predicted molar refractivity (Wildman–Crippen MR) is 84.2 cm³/mol. The molecule has 1 rings (SSSR count). The molecule has 0 fully saturated rings. The molecule has 0 spiro atoms. The standard InChI is InChI=1S/C11H14BrN3S2/c1-2-3-6-4-7(9(13)8(12)5-6)10(16)15-11(14)17/h4-5H,2-3,13H2,1H3,(H3,14,15,16,17). The zero-order valence-corrected chi connectivity index (χ0v) is 12.6. The number of benzene rings is 1. The Balaban J connectivity index is 3.12. The molecule has 1 aromatic rings. The minimum absolute atomic E-state index is 0.145. The van der Waals surface area contributed by atoms with Crippen molar-refractivity contribution >= 4 is 56.2 Å². The van der Waals surface area contributed by atoms with Gasteiger partial charge in [-0.1, -0.05) is 25.6 Å². The summed E-state index contributed by atoms with van der Waals surface area (Å²) in [6, 6.07) is 3.98. The molecule has 0 bridgehead atoms. The average Bonchev–Trinajstić information content (AvgIpc) is 2.22. The van der Waals surface area contributed by atoms with Crippen LogP contribution in [0.2, 0.25) is 0 Å². The summed E-state index contributed by atoms with van der Waals surface area (Å²) in [7, 11) is 0. The molecule has 0 radical (unpaired) electrons. The van der Waals surface area contributed by atoms with E-state index in [1.54, 1.807) is 0 Å². The van der Waals surface area contributed by atoms with E-state index in [-0.39, 0.29) is 5.11 Å². The van der Waals surface area contributed by atoms with Crippen LogP contribution in [0.5, 0.6) is 0 Å². The largest absolute Gasteiger partial charge is 0.397 e. The number of halogens is 1. The van der Waals surface area contributed by atoms with E-state index in [4.69, 9.17) is 35.9 Å². The fourth-order valence-electron chi connectivity index (χ4n) is 1.47. The fourth-order valence-corrected chi connectivity index (χ4v) is 2.43. The topological polar surface area (TPSA) is 64.1 Å². The number of anilines is 1. The zero-order valence-electron chi connectivity index (χ0n) is 9.42. The normalized spacial score (nSPS) is 10.0. The maximum absolute atomic E-state index is 5.97. The number of hydrogen-bond acceptors (Lipinski definition) is 3. The molecule has 92 valence electrons. The molecule has 1 aromatic carbocycles. The van der Waals surface area contributed by atoms with Crippen molar-refractivity contribution in [1.82, 2.24) is 5.32 Å². The molecule has 0 atom stereocenters. The van der Waals surface area contributed by atoms with Gasteiger partial charge in [0.1, 0.15) is 4.99 Å². The van der Waals surface area contributed by atoms with Crippen LogP contribution in [0, 0.1) is 0 Å². The number of nitrogen functional groups attached to an aromatic ring is 1. The molecule has 0 unspecified atom stereocenters. The van der Waals surface area contributed by atoms with Crippen molar-refractivity contribution in [2.24, 2.45) is 5.73 Å². The third-order valence-electron chi connectivity index (χ3n) is 2.21. The molecule has 3 nitrogen and oxygen atoms in total. The Bertz CT molecular complexity index is 460. The summed E-state index contributed by atoms with van der Waals surface area (Å²) in [5.41, 5.74) is 13.9. The Hall–Kier alpha value is -0.720. The van der Waals surface area contributed by atoms with Gasteiger partial charge >= 0.3 is 0 Å². The minimum Gasteiger partial charge on any atom is -0.397 e. The molecule has 0 aliphatic heterocycles. The Morgan fingerprint density at radius 3 is 2.59 bits per heavy atom. The minimum atomic E-state index is 0.145. The first-order valence-electron chi connectivity index (χ1n) is 5.14. The van der Waals surface area contributed by atoms with Crippen LogP contribution in [-0.2, 0) is 6.42 Å². The molecule has 17 heavy (non-hydrogen) atoms. The van der Waals surface area contributed by atoms with Crippen molar-refractivity contribution in [3.05, 3.63) is 27.7 Å². The van der Waals surface area contributed by atoms with E-state index in [2.05, 4.69) is 28.2 Å². The lowest BCUT2D eigenvalue weighted by Crippen LogP contribution is -2.34. The van der Waals surface area contributed by atoms with Gasteiger partial charge in [-0.3, -0.25) is 0 Å². The van der Waals surface area contributed by atoms with Gasteiger partial charge in [0.05, 0.1) is 5.69 Å². The van der Waals surface area contributed by atoms with Gasteiger partial charge in [0.2, 0.25) is 0 Å². The molecule has 0 amide bonds. The van der Waals surface area contributed by atoms with Gasteiger partial charge in [0.15, 0.2) is 5.11 Å². The third-order valence-corrected chi connectivity index (χ3v) is 3.29. The van der Waals surface area contributed by atoms with Crippen LogP contribution in [-0.4, -0.2) is 10.1 Å². The van der Waals surface area contributed by atoms with E-state index >= 15 is 0 Å². The lowest BCUT2D eigenvalue weighted by Gasteiger charge is -2.12. The van der Waals surface area contributed by atoms with Gasteiger partial charge in [-0.05, 0) is 52.3 Å². The van der Waals surface area contributed by atoms with Crippen molar-refractivity contribution in [3.8, 4) is 0 Å². The molecular formula is C11H14BrN3S2. The highest BCUT2D eigenvalue weighted by Crippen LogP contribution is 2.26. The van der Waals surface area contributed by atoms with Gasteiger partial charge in [0, 0.05) is 10.0 Å². The number of aryl methyl sites for hydroxylation is 1. The predicted octanol–water partition coefficient (Wildman–Crippen LogP) is 2.49. The number of rotatable bonds is 3. The average molecular weight is 332 g/mol. The first-order valence-corrected chi connectivity index (χ1v) is 6.75. The SMILES string of the molecule is CCCc1cc(Br)c(N)c(C(=S)NC(N)=S)c1. The second kappa shape index (κ2) is 6.28. The van der Waals surface area contributed by atoms with Crippen LogP contribution >= 0.6 is 40.4 Å². The van der Waals surface area contributed by atoms with Gasteiger partial charge in [-0.15, -0.1) is 0 Å². The quantitative estimate of drug-likeness (QED) is 0.586. The molecule has 0 aromatic heterocycles. The second-order valence-corrected chi connectivity index (χ2v) is 5.31. The van der Waals surface area contributed by atoms with Gasteiger partial charge in [-0.2, -0.15) is 0 Å². The Morgan fingerprint density at radius 1 is 1.41 bits per heavy atom. The van der Waals surface area contributed by atoms with Crippen LogP contribution < -0.4 is 16.8 Å². The zero-order chi connectivity index (χ0) is 13.0. The van der Waals surface area contributed by atoms with Crippen LogP contribution in [0.4, 0.5) is 5.69 Å². The first-order chi connectivity index (χ1) is 7.95. The van der Waals surface area contributed by atoms with E-state index in [0.717, 1.165) is 22.9 Å². The summed E-state index contributed by atoms with van der Waals surface area (Å²) in [6.07, 6.45) is 2.03. The lowest BCUT2D eigenvalue weighted by molar-refractivity contribution is 0.921. The number of nitrogens with two attached hydrogens (primary N) is 2. The van der Waals surface area contributed by atoms with Crippen LogP contribution in [0.1, 0.15) is 24.5 Å². The van der Waals surface area contributed by atoms with E-state index in [0.29, 0.717) is 10.7 Å². The Kier molecular flexibility index (Phi) is 5.30. The molecule has 6 heteroatoms. The molecule has 0 aliphatic carbocycles. The first kappa shape index (κ1) is 14.3. The van der Waals surface area contributed by atoms with Crippen molar-refractivity contribution in [2.45, 2.75) is 19.8 Å². The van der Waals surface area contributed by atoms with E-state index < -0.39 is 0 Å². The van der Waals surface area contributed by atoms with Crippen LogP contribution in [0.3, 0.4) is 0 Å². The third kappa shape index (κ3) is 3.90. The van der Waals surface area contributed by atoms with Crippen molar-refractivity contribution < 1.29 is 0 Å². The summed E-state index contributed by atoms with van der Waals surface area (Å²) in [4.78, 5) is 0.452. The van der Waals surface area contributed by atoms with Crippen molar-refractivity contribution in [1.29, 1.82) is 0 Å². The summed E-state index contributed by atoms with van der Waals surface area (Å²) in [5, 5.41) is 2.88. The molecule has 0 aliphatic rings. The maximum atomic E-state index is 5.97. The number of thiocarbonyl (C=S) groups is 2. The Labute approximate surface area is 120 Å². The van der Waals surface area contributed by atoms with E-state index in [1.165, 1.54) is 5.56 Å². The Morgan fingerprint density at radius 2 is 2.06 bits per heavy atom. The molecule has 0 saturated carbocycles. The van der Waals surface area contributed by atoms with Crippen molar-refractivity contribution in [3.63, 3.8) is 0 Å². The number of hydrogen-bond donors (Lipinski definition) is 3. The van der Waals surface area contributed by atoms with Gasteiger partial charge in [0.25, 0.3) is 0 Å². The maximum Gasteiger partial charge on any atom is 0.168 e. The number of nitrogens with one attached hydrogen (secondary N) is 1. The molecular weight excluding hydrogens is 318 g/mol. The highest BCUT2D eigenvalue weighted by Gasteiger charge is 2.11. The van der Waals surface area contributed by atoms with Crippen molar-refractivity contribution in [2.75, 3.05) is 5.73 Å². The fraction of sp³-hybridized carbons (Fsp3) is 0.273. The molecule has 5 N–H and O–H groups in total.